The van der Waals surface area contributed by atoms with Gasteiger partial charge in [-0.3, -0.25) is 14.4 Å². The van der Waals surface area contributed by atoms with Crippen molar-refractivity contribution in [3.63, 3.8) is 0 Å². The molecule has 0 bridgehead atoms. The van der Waals surface area contributed by atoms with Gasteiger partial charge in [0.25, 0.3) is 0 Å². The summed E-state index contributed by atoms with van der Waals surface area (Å²) < 4.78 is 0. The summed E-state index contributed by atoms with van der Waals surface area (Å²) in [6, 6.07) is -0.979. The van der Waals surface area contributed by atoms with Crippen LogP contribution < -0.4 is 11.5 Å². The van der Waals surface area contributed by atoms with E-state index in [2.05, 4.69) is 0 Å². The lowest BCUT2D eigenvalue weighted by molar-refractivity contribution is -0.152. The number of nitrogens with two attached hydrogens (primary N) is 2. The van der Waals surface area contributed by atoms with Crippen molar-refractivity contribution in [1.29, 1.82) is 0 Å². The maximum Gasteiger partial charge on any atom is 0.333 e. The molecule has 0 aliphatic rings. The molecule has 10 heteroatoms. The summed E-state index contributed by atoms with van der Waals surface area (Å²) in [7, 11) is 0. The van der Waals surface area contributed by atoms with Crippen LogP contribution in [0.3, 0.4) is 0 Å². The Kier molecular flexibility index (Phi) is 9.87. The summed E-state index contributed by atoms with van der Waals surface area (Å²) in [6.45, 7) is 0. The van der Waals surface area contributed by atoms with E-state index in [-0.39, 0.29) is 12.8 Å². The molecule has 1 unspecified atom stereocenters. The molecule has 0 heterocycles. The minimum Gasteiger partial charge on any atom is -0.481 e. The van der Waals surface area contributed by atoms with Crippen LogP contribution in [0.5, 0.6) is 0 Å². The first-order valence-corrected chi connectivity index (χ1v) is 4.97. The molecule has 0 saturated carbocycles. The molecule has 0 saturated heterocycles. The predicted octanol–water partition coefficient (Wildman–Crippen LogP) is -2.43. The third kappa shape index (κ3) is 13.7. The first kappa shape index (κ1) is 19.1. The van der Waals surface area contributed by atoms with Gasteiger partial charge in [0.15, 0.2) is 6.10 Å². The number of aliphatic carboxylic acids is 3. The van der Waals surface area contributed by atoms with Crippen molar-refractivity contribution >= 4 is 23.8 Å². The van der Waals surface area contributed by atoms with Gasteiger partial charge in [-0.1, -0.05) is 0 Å². The number of carbonyl (C=O) groups excluding carboxylic acids is 1. The average molecular weight is 280 g/mol. The second kappa shape index (κ2) is 9.79. The molecule has 110 valence electrons. The standard InChI is InChI=1S/C5H10N2O3.C4H6O5/c6-3(5(9)10)1-2-4(7)8;5-2(4(8)9)1-3(6)7/h3H,1-2,6H2,(H2,7,8)(H,9,10);2,5H,1H2,(H,6,7)(H,8,9)/t3-;/m0./s1. The third-order valence-corrected chi connectivity index (χ3v) is 1.67. The van der Waals surface area contributed by atoms with E-state index >= 15 is 0 Å². The van der Waals surface area contributed by atoms with E-state index in [1.54, 1.807) is 0 Å². The second-order valence-electron chi connectivity index (χ2n) is 3.40. The van der Waals surface area contributed by atoms with Gasteiger partial charge in [0.05, 0.1) is 6.42 Å². The minimum absolute atomic E-state index is 0.0213. The highest BCUT2D eigenvalue weighted by atomic mass is 16.4. The average Bonchev–Trinajstić information content (AvgIpc) is 2.25. The van der Waals surface area contributed by atoms with E-state index < -0.39 is 42.4 Å². The van der Waals surface area contributed by atoms with Crippen molar-refractivity contribution < 1.29 is 39.6 Å². The predicted molar refractivity (Wildman–Crippen MR) is 59.9 cm³/mol. The van der Waals surface area contributed by atoms with Gasteiger partial charge < -0.3 is 31.9 Å². The van der Waals surface area contributed by atoms with E-state index in [9.17, 15) is 19.2 Å². The van der Waals surface area contributed by atoms with E-state index in [0.717, 1.165) is 0 Å². The first-order chi connectivity index (χ1) is 8.57. The highest BCUT2D eigenvalue weighted by Crippen LogP contribution is 1.92. The first-order valence-electron chi connectivity index (χ1n) is 4.97. The summed E-state index contributed by atoms with van der Waals surface area (Å²) in [5.41, 5.74) is 9.81. The minimum atomic E-state index is -1.79. The van der Waals surface area contributed by atoms with Crippen molar-refractivity contribution in [2.24, 2.45) is 11.5 Å². The number of carbonyl (C=O) groups is 4. The maximum absolute atomic E-state index is 10.1. The van der Waals surface area contributed by atoms with Gasteiger partial charge in [0.1, 0.15) is 6.04 Å². The van der Waals surface area contributed by atoms with Crippen molar-refractivity contribution in [2.75, 3.05) is 0 Å². The molecule has 10 nitrogen and oxygen atoms in total. The SMILES string of the molecule is NC(=O)CC[C@H](N)C(=O)O.O=C(O)CC(O)C(=O)O. The van der Waals surface area contributed by atoms with Crippen molar-refractivity contribution in [2.45, 2.75) is 31.4 Å². The molecule has 8 N–H and O–H groups in total. The molecule has 0 aliphatic carbocycles. The molecule has 1 amide bonds. The number of carboxylic acids is 3. The number of hydrogen-bond donors (Lipinski definition) is 6. The zero-order chi connectivity index (χ0) is 15.6. The summed E-state index contributed by atoms with van der Waals surface area (Å²) in [5, 5.41) is 32.4. The van der Waals surface area contributed by atoms with Crippen LogP contribution in [0.15, 0.2) is 0 Å². The van der Waals surface area contributed by atoms with Crippen LogP contribution in [-0.4, -0.2) is 56.4 Å². The molecule has 0 rings (SSSR count). The van der Waals surface area contributed by atoms with Crippen molar-refractivity contribution in [3.05, 3.63) is 0 Å². The molecular weight excluding hydrogens is 264 g/mol. The van der Waals surface area contributed by atoms with Gasteiger partial charge in [0.2, 0.25) is 5.91 Å². The Labute approximate surface area is 107 Å². The number of primary amides is 1. The smallest absolute Gasteiger partial charge is 0.333 e. The van der Waals surface area contributed by atoms with Crippen LogP contribution in [0.25, 0.3) is 0 Å². The lowest BCUT2D eigenvalue weighted by Crippen LogP contribution is -2.31. The van der Waals surface area contributed by atoms with Gasteiger partial charge in [0, 0.05) is 6.42 Å². The molecule has 0 aliphatic heterocycles. The summed E-state index contributed by atoms with van der Waals surface area (Å²) >= 11 is 0. The van der Waals surface area contributed by atoms with Gasteiger partial charge >= 0.3 is 17.9 Å². The fourth-order valence-corrected chi connectivity index (χ4v) is 0.674. The fraction of sp³-hybridized carbons (Fsp3) is 0.556. The number of amides is 1. The quantitative estimate of drug-likeness (QED) is 0.293. The molecule has 0 aromatic rings. The van der Waals surface area contributed by atoms with E-state index in [1.807, 2.05) is 0 Å². The van der Waals surface area contributed by atoms with Crippen LogP contribution in [0.4, 0.5) is 0 Å². The Hall–Kier alpha value is -2.20. The molecule has 19 heavy (non-hydrogen) atoms. The van der Waals surface area contributed by atoms with Gasteiger partial charge in [-0.2, -0.15) is 0 Å². The lowest BCUT2D eigenvalue weighted by Gasteiger charge is -2.01. The van der Waals surface area contributed by atoms with Crippen molar-refractivity contribution in [1.82, 2.24) is 0 Å². The van der Waals surface area contributed by atoms with Crippen LogP contribution in [-0.2, 0) is 19.2 Å². The van der Waals surface area contributed by atoms with E-state index in [1.165, 1.54) is 0 Å². The lowest BCUT2D eigenvalue weighted by atomic mass is 10.2. The van der Waals surface area contributed by atoms with Crippen LogP contribution in [0.1, 0.15) is 19.3 Å². The van der Waals surface area contributed by atoms with Crippen LogP contribution in [0.2, 0.25) is 0 Å². The van der Waals surface area contributed by atoms with Crippen LogP contribution >= 0.6 is 0 Å². The Morgan fingerprint density at radius 3 is 1.68 bits per heavy atom. The van der Waals surface area contributed by atoms with E-state index in [4.69, 9.17) is 31.9 Å². The van der Waals surface area contributed by atoms with E-state index in [0.29, 0.717) is 0 Å². The summed E-state index contributed by atoms with van der Waals surface area (Å²) in [6.07, 6.45) is -2.42. The topological polar surface area (TPSA) is 201 Å². The number of aliphatic hydroxyl groups is 1. The zero-order valence-electron chi connectivity index (χ0n) is 9.85. The molecule has 2 atom stereocenters. The fourth-order valence-electron chi connectivity index (χ4n) is 0.674. The monoisotopic (exact) mass is 280 g/mol. The highest BCUT2D eigenvalue weighted by molar-refractivity contribution is 5.79. The van der Waals surface area contributed by atoms with Crippen LogP contribution in [0, 0.1) is 0 Å². The Balaban J connectivity index is 0. The third-order valence-electron chi connectivity index (χ3n) is 1.67. The Bertz CT molecular complexity index is 343. The number of aliphatic hydroxyl groups excluding tert-OH is 1. The zero-order valence-corrected chi connectivity index (χ0v) is 9.85. The normalized spacial score (nSPS) is 12.5. The number of rotatable bonds is 7. The molecule has 0 radical (unpaired) electrons. The van der Waals surface area contributed by atoms with Gasteiger partial charge in [-0.25, -0.2) is 4.79 Å². The van der Waals surface area contributed by atoms with Crippen molar-refractivity contribution in [3.8, 4) is 0 Å². The molecular formula is C9H16N2O8. The van der Waals surface area contributed by atoms with Gasteiger partial charge in [-0.05, 0) is 6.42 Å². The largest absolute Gasteiger partial charge is 0.481 e. The summed E-state index contributed by atoms with van der Waals surface area (Å²) in [4.78, 5) is 39.5. The van der Waals surface area contributed by atoms with Gasteiger partial charge in [-0.15, -0.1) is 0 Å². The number of carboxylic acid groups (broad SMARTS) is 3. The summed E-state index contributed by atoms with van der Waals surface area (Å²) in [5.74, 6) is -4.49. The number of hydrogen-bond acceptors (Lipinski definition) is 6. The maximum atomic E-state index is 10.1. The molecule has 0 aromatic carbocycles. The molecule has 0 fully saturated rings. The Morgan fingerprint density at radius 2 is 1.47 bits per heavy atom. The highest BCUT2D eigenvalue weighted by Gasteiger charge is 2.16. The second-order valence-corrected chi connectivity index (χ2v) is 3.40. The Morgan fingerprint density at radius 1 is 1.00 bits per heavy atom. The molecule has 0 aromatic heterocycles. The molecule has 0 spiro atoms.